The molecule has 3 aromatic rings. The van der Waals surface area contributed by atoms with E-state index in [1.54, 1.807) is 13.8 Å². The summed E-state index contributed by atoms with van der Waals surface area (Å²) in [5, 5.41) is 14.2. The van der Waals surface area contributed by atoms with E-state index in [2.05, 4.69) is 5.32 Å². The highest BCUT2D eigenvalue weighted by Crippen LogP contribution is 2.28. The van der Waals surface area contributed by atoms with Gasteiger partial charge in [-0.05, 0) is 30.5 Å². The molecular formula is C28H32N4O6S. The normalized spacial score (nSPS) is 11.9. The van der Waals surface area contributed by atoms with E-state index in [-0.39, 0.29) is 30.2 Å². The molecule has 3 rings (SSSR count). The van der Waals surface area contributed by atoms with Crippen LogP contribution in [0.5, 0.6) is 0 Å². The van der Waals surface area contributed by atoms with E-state index in [0.29, 0.717) is 12.1 Å². The number of hydrogen-bond acceptors (Lipinski definition) is 6. The van der Waals surface area contributed by atoms with Crippen LogP contribution < -0.4 is 9.62 Å². The molecule has 2 amide bonds. The fourth-order valence-corrected chi connectivity index (χ4v) is 5.10. The van der Waals surface area contributed by atoms with Crippen molar-refractivity contribution in [2.75, 3.05) is 23.7 Å². The summed E-state index contributed by atoms with van der Waals surface area (Å²) in [6.45, 7) is 3.14. The van der Waals surface area contributed by atoms with Crippen molar-refractivity contribution in [1.29, 1.82) is 0 Å². The molecule has 0 heterocycles. The first-order chi connectivity index (χ1) is 18.5. The highest BCUT2D eigenvalue weighted by Gasteiger charge is 2.33. The third-order valence-electron chi connectivity index (χ3n) is 6.17. The maximum absolute atomic E-state index is 14.0. The minimum Gasteiger partial charge on any atom is -0.355 e. The summed E-state index contributed by atoms with van der Waals surface area (Å²) in [7, 11) is -4.04. The van der Waals surface area contributed by atoms with Crippen LogP contribution in [0.4, 0.5) is 11.4 Å². The van der Waals surface area contributed by atoms with Gasteiger partial charge in [-0.2, -0.15) is 0 Å². The molecule has 0 aliphatic carbocycles. The molecule has 0 saturated carbocycles. The monoisotopic (exact) mass is 552 g/mol. The highest BCUT2D eigenvalue weighted by molar-refractivity contribution is 7.92. The maximum atomic E-state index is 14.0. The van der Waals surface area contributed by atoms with E-state index in [9.17, 15) is 28.1 Å². The van der Waals surface area contributed by atoms with Crippen molar-refractivity contribution in [2.24, 2.45) is 0 Å². The first-order valence-corrected chi connectivity index (χ1v) is 14.2. The summed E-state index contributed by atoms with van der Waals surface area (Å²) in [4.78, 5) is 39.4. The molecule has 0 aliphatic heterocycles. The minimum absolute atomic E-state index is 0.0253. The van der Waals surface area contributed by atoms with Crippen LogP contribution in [0.1, 0.15) is 23.6 Å². The van der Waals surface area contributed by atoms with Crippen molar-refractivity contribution in [2.45, 2.75) is 32.9 Å². The average Bonchev–Trinajstić information content (AvgIpc) is 2.90. The summed E-state index contributed by atoms with van der Waals surface area (Å²) in [6, 6.07) is 21.2. The van der Waals surface area contributed by atoms with Crippen molar-refractivity contribution >= 4 is 33.2 Å². The largest absolute Gasteiger partial charge is 0.355 e. The van der Waals surface area contributed by atoms with Crippen LogP contribution in [0.25, 0.3) is 0 Å². The van der Waals surface area contributed by atoms with Crippen LogP contribution in [0, 0.1) is 17.0 Å². The third-order valence-corrected chi connectivity index (χ3v) is 7.30. The number of nitrogens with one attached hydrogen (secondary N) is 1. The van der Waals surface area contributed by atoms with Crippen molar-refractivity contribution in [3.05, 3.63) is 106 Å². The summed E-state index contributed by atoms with van der Waals surface area (Å²) < 4.78 is 26.6. The number of aryl methyl sites for hydroxylation is 1. The predicted molar refractivity (Wildman–Crippen MR) is 150 cm³/mol. The summed E-state index contributed by atoms with van der Waals surface area (Å²) in [5.41, 5.74) is 1.75. The van der Waals surface area contributed by atoms with Gasteiger partial charge in [-0.15, -0.1) is 0 Å². The fourth-order valence-electron chi connectivity index (χ4n) is 4.20. The zero-order chi connectivity index (χ0) is 28.6. The van der Waals surface area contributed by atoms with Crippen LogP contribution in [0.3, 0.4) is 0 Å². The van der Waals surface area contributed by atoms with Crippen LogP contribution in [0.2, 0.25) is 0 Å². The van der Waals surface area contributed by atoms with Crippen molar-refractivity contribution in [3.8, 4) is 0 Å². The van der Waals surface area contributed by atoms with Crippen molar-refractivity contribution < 1.29 is 22.9 Å². The Kier molecular flexibility index (Phi) is 9.78. The first kappa shape index (κ1) is 29.3. The Labute approximate surface area is 228 Å². The third kappa shape index (κ3) is 7.87. The Hall–Kier alpha value is -4.25. The number of nitro groups is 1. The van der Waals surface area contributed by atoms with E-state index in [1.165, 1.54) is 17.0 Å². The lowest BCUT2D eigenvalue weighted by molar-refractivity contribution is -0.384. The Morgan fingerprint density at radius 1 is 0.974 bits per heavy atom. The molecule has 1 atom stereocenters. The zero-order valence-corrected chi connectivity index (χ0v) is 22.9. The Morgan fingerprint density at radius 2 is 1.56 bits per heavy atom. The lowest BCUT2D eigenvalue weighted by Gasteiger charge is -2.33. The summed E-state index contributed by atoms with van der Waals surface area (Å²) in [5.74, 6) is -0.995. The number of carbonyl (C=O) groups excluding carboxylic acids is 2. The number of nitro benzene ring substituents is 1. The first-order valence-electron chi connectivity index (χ1n) is 12.4. The lowest BCUT2D eigenvalue weighted by atomic mass is 10.0. The average molecular weight is 553 g/mol. The number of rotatable bonds is 12. The molecule has 0 saturated heterocycles. The molecule has 1 N–H and O–H groups in total. The number of non-ortho nitro benzene ring substituents is 1. The van der Waals surface area contributed by atoms with Crippen LogP contribution in [0.15, 0.2) is 78.9 Å². The molecule has 0 spiro atoms. The lowest BCUT2D eigenvalue weighted by Crippen LogP contribution is -2.53. The van der Waals surface area contributed by atoms with Crippen LogP contribution >= 0.6 is 0 Å². The fraction of sp³-hybridized carbons (Fsp3) is 0.286. The van der Waals surface area contributed by atoms with Gasteiger partial charge < -0.3 is 10.2 Å². The van der Waals surface area contributed by atoms with E-state index in [0.717, 1.165) is 27.8 Å². The van der Waals surface area contributed by atoms with E-state index in [1.807, 2.05) is 60.7 Å². The molecule has 1 unspecified atom stereocenters. The molecule has 0 radical (unpaired) electrons. The summed E-state index contributed by atoms with van der Waals surface area (Å²) >= 11 is 0. The Balaban J connectivity index is 2.07. The van der Waals surface area contributed by atoms with Crippen molar-refractivity contribution in [3.63, 3.8) is 0 Å². The Morgan fingerprint density at radius 3 is 2.10 bits per heavy atom. The second-order valence-corrected chi connectivity index (χ2v) is 11.0. The molecule has 0 bridgehead atoms. The number of nitrogens with zero attached hydrogens (tertiary/aromatic N) is 3. The van der Waals surface area contributed by atoms with Gasteiger partial charge in [0.2, 0.25) is 21.8 Å². The van der Waals surface area contributed by atoms with Crippen molar-refractivity contribution in [1.82, 2.24) is 10.2 Å². The van der Waals surface area contributed by atoms with Gasteiger partial charge >= 0.3 is 0 Å². The molecule has 39 heavy (non-hydrogen) atoms. The topological polar surface area (TPSA) is 130 Å². The molecular weight excluding hydrogens is 520 g/mol. The molecule has 11 heteroatoms. The van der Waals surface area contributed by atoms with Crippen LogP contribution in [-0.4, -0.2) is 55.4 Å². The van der Waals surface area contributed by atoms with E-state index < -0.39 is 33.4 Å². The van der Waals surface area contributed by atoms with Gasteiger partial charge in [0.25, 0.3) is 5.69 Å². The summed E-state index contributed by atoms with van der Waals surface area (Å²) in [6.07, 6.45) is 1.14. The number of benzene rings is 3. The van der Waals surface area contributed by atoms with Gasteiger partial charge in [0.05, 0.1) is 16.9 Å². The van der Waals surface area contributed by atoms with Gasteiger partial charge in [-0.1, -0.05) is 66.7 Å². The number of likely N-dealkylation sites (N-methyl/N-ethyl adjacent to an activating group) is 1. The quantitative estimate of drug-likeness (QED) is 0.271. The molecule has 3 aromatic carbocycles. The number of anilines is 1. The van der Waals surface area contributed by atoms with Gasteiger partial charge in [0.15, 0.2) is 0 Å². The molecule has 0 aromatic heterocycles. The molecule has 206 valence electrons. The minimum atomic E-state index is -4.04. The Bertz CT molecular complexity index is 1410. The van der Waals surface area contributed by atoms with Gasteiger partial charge in [-0.25, -0.2) is 8.42 Å². The molecule has 10 nitrogen and oxygen atoms in total. The zero-order valence-electron chi connectivity index (χ0n) is 22.1. The van der Waals surface area contributed by atoms with E-state index >= 15 is 0 Å². The second-order valence-electron chi connectivity index (χ2n) is 9.10. The van der Waals surface area contributed by atoms with Gasteiger partial charge in [0.1, 0.15) is 12.6 Å². The second kappa shape index (κ2) is 13.0. The van der Waals surface area contributed by atoms with E-state index in [4.69, 9.17) is 0 Å². The molecule has 0 fully saturated rings. The maximum Gasteiger partial charge on any atom is 0.271 e. The van der Waals surface area contributed by atoms with Gasteiger partial charge in [-0.3, -0.25) is 24.0 Å². The SMILES string of the molecule is CCNC(=O)C(Cc1ccccc1)N(Cc1ccccc1)C(=O)CN(c1cc([N+](=O)[O-])ccc1C)S(C)(=O)=O. The standard InChI is InChI=1S/C28H32N4O6S/c1-4-29-28(34)26(17-22-11-7-5-8-12-22)30(19-23-13-9-6-10-14-23)27(33)20-31(39(3,37)38)25-18-24(32(35)36)16-15-21(25)2/h5-16,18,26H,4,17,19-20H2,1-3H3,(H,29,34). The number of amides is 2. The highest BCUT2D eigenvalue weighted by atomic mass is 32.2. The molecule has 0 aliphatic rings. The number of carbonyl (C=O) groups is 2. The number of hydrogen-bond donors (Lipinski definition) is 1. The van der Waals surface area contributed by atoms with Gasteiger partial charge in [0, 0.05) is 31.6 Å². The predicted octanol–water partition coefficient (Wildman–Crippen LogP) is 3.45. The number of sulfonamides is 1. The van der Waals surface area contributed by atoms with Crippen LogP contribution in [-0.2, 0) is 32.6 Å². The smallest absolute Gasteiger partial charge is 0.271 e.